The van der Waals surface area contributed by atoms with E-state index < -0.39 is 35.7 Å². The number of nitrogens with zero attached hydrogens (tertiary/aromatic N) is 15. The molecular weight excluding hydrogens is 1450 g/mol. The summed E-state index contributed by atoms with van der Waals surface area (Å²) in [6.45, 7) is 11.5. The fourth-order valence-electron chi connectivity index (χ4n) is 16.0. The van der Waals surface area contributed by atoms with Gasteiger partial charge in [-0.1, -0.05) is 78.3 Å². The number of ketones is 4. The van der Waals surface area contributed by atoms with Gasteiger partial charge in [0.25, 0.3) is 23.6 Å². The minimum Gasteiger partial charge on any atom is -0.354 e. The molecule has 2 aliphatic carbocycles. The fourth-order valence-corrected chi connectivity index (χ4v) is 16.3. The van der Waals surface area contributed by atoms with E-state index in [4.69, 9.17) is 21.5 Å². The van der Waals surface area contributed by atoms with E-state index in [1.165, 1.54) is 12.1 Å². The summed E-state index contributed by atoms with van der Waals surface area (Å²) in [7, 11) is 0. The van der Waals surface area contributed by atoms with E-state index in [-0.39, 0.29) is 85.4 Å². The minimum absolute atomic E-state index is 0.0507. The summed E-state index contributed by atoms with van der Waals surface area (Å²) >= 11 is 3.31. The van der Waals surface area contributed by atoms with Crippen LogP contribution in [0.3, 0.4) is 0 Å². The van der Waals surface area contributed by atoms with E-state index in [2.05, 4.69) is 61.8 Å². The second-order valence-corrected chi connectivity index (χ2v) is 28.7. The van der Waals surface area contributed by atoms with Crippen LogP contribution in [0.1, 0.15) is 155 Å². The molecule has 109 heavy (non-hydrogen) atoms. The average molecular weight is 1540 g/mol. The number of carbonyl (C=O) groups excluding carboxylic acids is 8. The van der Waals surface area contributed by atoms with Crippen LogP contribution in [0.5, 0.6) is 0 Å². The maximum absolute atomic E-state index is 14.1. The molecule has 558 valence electrons. The number of aromatic nitrogens is 8. The second-order valence-electron chi connectivity index (χ2n) is 28.1. The highest BCUT2D eigenvalue weighted by Gasteiger charge is 2.46. The quantitative estimate of drug-likeness (QED) is 0.0639. The van der Waals surface area contributed by atoms with Crippen molar-refractivity contribution in [3.05, 3.63) is 214 Å². The number of imide groups is 2. The lowest BCUT2D eigenvalue weighted by atomic mass is 9.92. The number of nitrogens with one attached hydrogen (secondary N) is 1. The highest BCUT2D eigenvalue weighted by molar-refractivity contribution is 9.08. The van der Waals surface area contributed by atoms with E-state index in [0.29, 0.717) is 41.0 Å². The third-order valence-electron chi connectivity index (χ3n) is 21.4. The van der Waals surface area contributed by atoms with Crippen molar-refractivity contribution < 1.29 is 48.5 Å². The van der Waals surface area contributed by atoms with Gasteiger partial charge in [0, 0.05) is 91.5 Å². The smallest absolute Gasteiger partial charge is 0.262 e. The number of rotatable bonds is 13. The van der Waals surface area contributed by atoms with Crippen LogP contribution in [0.4, 0.5) is 32.1 Å². The number of alkyl halides is 1. The van der Waals surface area contributed by atoms with E-state index in [9.17, 15) is 47.1 Å². The van der Waals surface area contributed by atoms with Gasteiger partial charge in [-0.2, -0.15) is 0 Å². The summed E-state index contributed by atoms with van der Waals surface area (Å²) in [6, 6.07) is 42.6. The highest BCUT2D eigenvalue weighted by atomic mass is 79.9. The number of Topliss-reactive ketones (excluding diaryl/α,β-unsaturated/α-hetero) is 4. The number of benzene rings is 4. The Morgan fingerprint density at radius 2 is 0.927 bits per heavy atom. The molecule has 24 nitrogen and oxygen atoms in total. The van der Waals surface area contributed by atoms with Crippen LogP contribution in [0.15, 0.2) is 158 Å². The highest BCUT2D eigenvalue weighted by Crippen LogP contribution is 2.39. The van der Waals surface area contributed by atoms with Crippen molar-refractivity contribution in [2.45, 2.75) is 114 Å². The van der Waals surface area contributed by atoms with Gasteiger partial charge in [0.05, 0.1) is 83.0 Å². The van der Waals surface area contributed by atoms with Crippen LogP contribution >= 0.6 is 15.9 Å². The molecule has 0 bridgehead atoms. The topological polar surface area (TPSA) is 257 Å². The zero-order valence-electron chi connectivity index (χ0n) is 61.2. The van der Waals surface area contributed by atoms with Crippen LogP contribution in [-0.4, -0.2) is 178 Å². The molecule has 18 rings (SSSR count). The number of fused-ring (bicyclic) bond motifs is 4. The van der Waals surface area contributed by atoms with Gasteiger partial charge in [-0.3, -0.25) is 53.1 Å². The van der Waals surface area contributed by atoms with Gasteiger partial charge in [-0.05, 0) is 158 Å². The van der Waals surface area contributed by atoms with E-state index in [1.54, 1.807) is 67.7 Å². The van der Waals surface area contributed by atoms with Crippen molar-refractivity contribution in [2.24, 2.45) is 0 Å². The number of imidazole rings is 2. The van der Waals surface area contributed by atoms with Crippen LogP contribution in [0.25, 0.3) is 34.1 Å². The first-order valence-corrected chi connectivity index (χ1v) is 38.2. The molecule has 8 aliphatic rings. The molecular formula is C82H81BrF2N16O8. The van der Waals surface area contributed by atoms with Crippen LogP contribution in [-0.2, 0) is 31.1 Å². The van der Waals surface area contributed by atoms with Crippen molar-refractivity contribution in [1.29, 1.82) is 0 Å². The molecule has 27 heteroatoms. The van der Waals surface area contributed by atoms with E-state index >= 15 is 0 Å². The zero-order valence-corrected chi connectivity index (χ0v) is 61.8. The molecule has 4 amide bonds. The molecule has 10 aromatic rings. The largest absolute Gasteiger partial charge is 0.354 e. The normalized spacial score (nSPS) is 20.3. The van der Waals surface area contributed by atoms with Crippen molar-refractivity contribution >= 4 is 97.3 Å². The number of carbonyl (C=O) groups is 8. The van der Waals surface area contributed by atoms with Crippen molar-refractivity contribution in [3.63, 3.8) is 0 Å². The van der Waals surface area contributed by atoms with E-state index in [1.807, 2.05) is 88.0 Å². The Balaban J connectivity index is 0.000000143. The lowest BCUT2D eigenvalue weighted by Crippen LogP contribution is -2.47. The first-order chi connectivity index (χ1) is 53.5. The lowest BCUT2D eigenvalue weighted by Gasteiger charge is -2.35. The van der Waals surface area contributed by atoms with Gasteiger partial charge >= 0.3 is 0 Å². The third kappa shape index (κ3) is 15.0. The van der Waals surface area contributed by atoms with E-state index in [0.717, 1.165) is 181 Å². The van der Waals surface area contributed by atoms with Gasteiger partial charge in [-0.15, -0.1) is 10.2 Å². The Morgan fingerprint density at radius 1 is 0.477 bits per heavy atom. The molecule has 12 heterocycles. The maximum Gasteiger partial charge on any atom is 0.262 e. The Bertz CT molecular complexity index is 5240. The Labute approximate surface area is 637 Å². The third-order valence-corrected chi connectivity index (χ3v) is 22.1. The van der Waals surface area contributed by atoms with Crippen molar-refractivity contribution in [3.8, 4) is 22.8 Å². The summed E-state index contributed by atoms with van der Waals surface area (Å²) in [5.41, 5.74) is 9.80. The van der Waals surface area contributed by atoms with Crippen LogP contribution in [0, 0.1) is 11.6 Å². The van der Waals surface area contributed by atoms with Gasteiger partial charge in [0.2, 0.25) is 0 Å². The Kier molecular flexibility index (Phi) is 21.1. The molecule has 4 saturated heterocycles. The standard InChI is InChI=1S/C40H37FN8O4.C25H26FN7.C15H12BrNO4.C2H6/c41-27-5-1-4-26(21-27)32-7-3-15-47(32)38-14-13-36-42-23-34(49(36)44-38)31-6-2-8-37(43-31)46-18-16-45(17-19-46)24-25-9-11-29-30(20-25)40(53)48(39(29)52)33-12-10-28(50)22-35(33)51;26-19-5-1-4-18(16-19)21-7-3-13-32(21)25-10-9-23-28-17-22(33(23)30-25)20-6-2-8-24(29-20)31-14-11-27-12-15-31;16-7-8-1-3-10-11(5-8)15(21)17(14(10)20)12-4-2-9(18)6-13(12)19;1-2/h1-2,4-6,8-9,11,13-14,20-21,23,32-33H,3,7,10,12,15-19,22,24H2;1-2,4-6,8-10,16-17,21,27H,3,7,11-15H2;1,3,5,12H,2,4,6-7H2;1-2H3/t32-,33?;;;/m1.../s1/i;;;1D. The first-order valence-electron chi connectivity index (χ1n) is 37.8. The summed E-state index contributed by atoms with van der Waals surface area (Å²) in [6.07, 6.45) is 8.01. The molecule has 6 aliphatic heterocycles. The van der Waals surface area contributed by atoms with Crippen molar-refractivity contribution in [2.75, 3.05) is 85.0 Å². The second kappa shape index (κ2) is 32.0. The fraction of sp³-hybridized carbons (Fsp3) is 0.341. The Hall–Kier alpha value is -11.2. The van der Waals surface area contributed by atoms with Crippen LogP contribution < -0.4 is 24.9 Å². The SMILES string of the molecule is Fc1cccc(C2CCCN2c2ccc3ncc(-c4cccc(N5CCNCC5)n4)n3n2)c1.O=C1CCC(N2C(=O)c3ccc(CBr)cc3C2=O)C(=O)C1.O=C1CCC(N2C(=O)c3ccc(CN4CCN(c5cccc(-c6cnc7ccc(N8CCC[C@@H]8c8cccc(F)c8)nn67)n5)CC4)cc3C2=O)C(=O)C1.[2H]CC. The number of hydrogen-bond acceptors (Lipinski definition) is 20. The number of pyridine rings is 2. The minimum atomic E-state index is -0.874. The summed E-state index contributed by atoms with van der Waals surface area (Å²) in [4.78, 5) is 131. The number of hydrogen-bond donors (Lipinski definition) is 1. The molecule has 4 atom stereocenters. The monoisotopic (exact) mass is 1540 g/mol. The maximum atomic E-state index is 14.1. The first kappa shape index (κ1) is 72.1. The molecule has 0 spiro atoms. The summed E-state index contributed by atoms with van der Waals surface area (Å²) < 4.78 is 37.9. The van der Waals surface area contributed by atoms with Crippen LogP contribution in [0.2, 0.25) is 0 Å². The molecule has 6 aromatic heterocycles. The molecule has 6 fully saturated rings. The average Bonchev–Trinajstić information content (AvgIpc) is 1.62. The number of piperazine rings is 2. The van der Waals surface area contributed by atoms with Crippen molar-refractivity contribution in [1.82, 2.24) is 59.2 Å². The number of amides is 4. The lowest BCUT2D eigenvalue weighted by molar-refractivity contribution is -0.134. The van der Waals surface area contributed by atoms with Gasteiger partial charge < -0.3 is 24.9 Å². The molecule has 2 saturated carbocycles. The number of halogens is 3. The zero-order chi connectivity index (χ0) is 76.3. The molecule has 4 aromatic carbocycles. The predicted molar refractivity (Wildman–Crippen MR) is 410 cm³/mol. The molecule has 1 N–H and O–H groups in total. The van der Waals surface area contributed by atoms with Gasteiger partial charge in [-0.25, -0.2) is 37.7 Å². The Morgan fingerprint density at radius 3 is 1.39 bits per heavy atom. The summed E-state index contributed by atoms with van der Waals surface area (Å²) in [5.74, 6) is 0.282. The van der Waals surface area contributed by atoms with Gasteiger partial charge in [0.15, 0.2) is 22.9 Å². The molecule has 3 unspecified atom stereocenters. The number of anilines is 4. The van der Waals surface area contributed by atoms with Gasteiger partial charge in [0.1, 0.15) is 57.9 Å². The molecule has 0 radical (unpaired) electrons. The predicted octanol–water partition coefficient (Wildman–Crippen LogP) is 11.5. The summed E-state index contributed by atoms with van der Waals surface area (Å²) in [5, 5.41) is 13.9.